The van der Waals surface area contributed by atoms with E-state index in [-0.39, 0.29) is 90.8 Å². The minimum absolute atomic E-state index is 0.0173. The summed E-state index contributed by atoms with van der Waals surface area (Å²) < 4.78 is 24.5. The van der Waals surface area contributed by atoms with E-state index in [1.54, 1.807) is 18.2 Å². The molecule has 0 radical (unpaired) electrons. The molecule has 0 spiro atoms. The van der Waals surface area contributed by atoms with E-state index < -0.39 is 60.7 Å². The van der Waals surface area contributed by atoms with Gasteiger partial charge < -0.3 is 44.5 Å². The second kappa shape index (κ2) is 14.2. The molecule has 280 valence electrons. The zero-order chi connectivity index (χ0) is 37.8. The van der Waals surface area contributed by atoms with Crippen molar-refractivity contribution in [3.63, 3.8) is 0 Å². The summed E-state index contributed by atoms with van der Waals surface area (Å²) in [5, 5.41) is 62.9. The Morgan fingerprint density at radius 2 is 1.76 bits per heavy atom. The molecule has 3 aromatic rings. The second-order valence-electron chi connectivity index (χ2n) is 13.4. The number of fused-ring (bicyclic) bond motifs is 6. The van der Waals surface area contributed by atoms with Gasteiger partial charge >= 0.3 is 0 Å². The van der Waals surface area contributed by atoms with Crippen LogP contribution < -0.4 is 19.7 Å². The maximum Gasteiger partial charge on any atom is 0.284 e. The Bertz CT molecular complexity index is 2150. The van der Waals surface area contributed by atoms with Gasteiger partial charge in [-0.25, -0.2) is 9.89 Å². The lowest BCUT2D eigenvalue weighted by atomic mass is 9.78. The number of carbonyl (C=O) groups is 3. The van der Waals surface area contributed by atoms with Gasteiger partial charge in [-0.05, 0) is 36.2 Å². The quantitative estimate of drug-likeness (QED) is 0.112. The number of carbonyl (C=O) groups excluding carboxylic acids is 3. The van der Waals surface area contributed by atoms with Crippen molar-refractivity contribution in [2.24, 2.45) is 9.98 Å². The number of hydrogen-bond donors (Lipinski definition) is 8. The molecule has 7 atom stereocenters. The SMILES string of the molecule is N=C1N=C2C(=NC[NH+]2c2ccccc2[C@H]2CCOC[C@@H]3O[C@H](Oc4c2cc2c(c4OCCO)C(=O)c4cc(CO)ccc4C2=O)[C@@H](O)[C@H](O)[C@H]3O)C(=O)N1. The van der Waals surface area contributed by atoms with Crippen molar-refractivity contribution in [2.45, 2.75) is 49.7 Å². The number of guanidine groups is 1. The van der Waals surface area contributed by atoms with E-state index in [4.69, 9.17) is 24.4 Å². The summed E-state index contributed by atoms with van der Waals surface area (Å²) in [6.45, 7) is -1.29. The number of benzene rings is 3. The topological polar surface area (TPSA) is 254 Å². The standard InChI is InChI=1S/C37H35N5O12/c38-37-40-34-26(35(50)41-37)39-15-42(34)23-4-2-1-3-18(23)17-7-9-51-14-24-29(47)30(48)31(49)36(53-24)54-32-21(17)12-22-25(33(32)52-10-8-43)28(46)20-11-16(13-44)5-6-19(20)27(22)45/h1-6,11-12,17,24,29-31,36,43-44,47-49H,7-10,13-15H2,(H2,38,41,50)/p+1/t17-,24+,29+,30-,31+,36-/m1/s1. The van der Waals surface area contributed by atoms with Crippen molar-refractivity contribution in [3.8, 4) is 11.5 Å². The number of amides is 1. The van der Waals surface area contributed by atoms with Crippen LogP contribution >= 0.6 is 0 Å². The molecule has 0 saturated carbocycles. The maximum absolute atomic E-state index is 14.4. The van der Waals surface area contributed by atoms with E-state index in [1.165, 1.54) is 18.2 Å². The third-order valence-corrected chi connectivity index (χ3v) is 10.2. The third-order valence-electron chi connectivity index (χ3n) is 10.2. The Kier molecular flexibility index (Phi) is 9.41. The van der Waals surface area contributed by atoms with Crippen LogP contribution in [0.2, 0.25) is 0 Å². The molecule has 4 aliphatic heterocycles. The van der Waals surface area contributed by atoms with E-state index in [2.05, 4.69) is 15.3 Å². The van der Waals surface area contributed by atoms with Gasteiger partial charge in [0.1, 0.15) is 36.7 Å². The van der Waals surface area contributed by atoms with Crippen LogP contribution in [0.4, 0.5) is 5.69 Å². The zero-order valence-electron chi connectivity index (χ0n) is 28.5. The van der Waals surface area contributed by atoms with Gasteiger partial charge in [-0.2, -0.15) is 4.99 Å². The maximum atomic E-state index is 14.4. The summed E-state index contributed by atoms with van der Waals surface area (Å²) in [5.74, 6) is -2.90. The number of hydrogen-bond acceptors (Lipinski definition) is 14. The molecule has 1 saturated heterocycles. The number of amidine groups is 1. The highest BCUT2D eigenvalue weighted by atomic mass is 16.7. The molecule has 1 amide bonds. The first kappa shape index (κ1) is 35.8. The fraction of sp³-hybridized carbons (Fsp3) is 0.351. The number of quaternary nitrogens is 1. The Morgan fingerprint density at radius 3 is 2.56 bits per heavy atom. The Balaban J connectivity index is 1.36. The van der Waals surface area contributed by atoms with Crippen molar-refractivity contribution in [1.82, 2.24) is 5.32 Å². The summed E-state index contributed by atoms with van der Waals surface area (Å²) in [4.78, 5) is 50.7. The van der Waals surface area contributed by atoms with Gasteiger partial charge in [-0.3, -0.25) is 25.1 Å². The van der Waals surface area contributed by atoms with Crippen LogP contribution in [0.15, 0.2) is 58.5 Å². The number of aliphatic hydroxyl groups excluding tert-OH is 5. The smallest absolute Gasteiger partial charge is 0.284 e. The summed E-state index contributed by atoms with van der Waals surface area (Å²) in [6, 6.07) is 13.2. The lowest BCUT2D eigenvalue weighted by Gasteiger charge is -2.40. The van der Waals surface area contributed by atoms with Gasteiger partial charge in [0.15, 0.2) is 29.7 Å². The van der Waals surface area contributed by atoms with Crippen LogP contribution in [-0.2, 0) is 20.9 Å². The minimum atomic E-state index is -1.79. The number of nitrogens with one attached hydrogen (secondary N) is 3. The molecule has 1 unspecified atom stereocenters. The van der Waals surface area contributed by atoms with Crippen LogP contribution in [0, 0.1) is 5.41 Å². The zero-order valence-corrected chi connectivity index (χ0v) is 28.5. The Morgan fingerprint density at radius 1 is 0.944 bits per heavy atom. The molecule has 2 bridgehead atoms. The predicted molar refractivity (Wildman–Crippen MR) is 186 cm³/mol. The van der Waals surface area contributed by atoms with Gasteiger partial charge in [0.25, 0.3) is 11.7 Å². The number of aliphatic hydroxyl groups is 5. The van der Waals surface area contributed by atoms with E-state index in [1.807, 2.05) is 12.1 Å². The normalized spacial score (nSPS) is 27.6. The molecule has 17 nitrogen and oxygen atoms in total. The fourth-order valence-electron chi connectivity index (χ4n) is 7.58. The number of ketones is 2. The number of nitrogens with zero attached hydrogens (tertiary/aromatic N) is 2. The van der Waals surface area contributed by atoms with Crippen molar-refractivity contribution in [3.05, 3.63) is 87.5 Å². The average Bonchev–Trinajstić information content (AvgIpc) is 3.59. The van der Waals surface area contributed by atoms with Crippen LogP contribution in [0.25, 0.3) is 0 Å². The van der Waals surface area contributed by atoms with Crippen molar-refractivity contribution >= 4 is 40.7 Å². The van der Waals surface area contributed by atoms with E-state index in [0.29, 0.717) is 27.3 Å². The highest BCUT2D eigenvalue weighted by Gasteiger charge is 2.48. The van der Waals surface area contributed by atoms with Crippen LogP contribution in [0.1, 0.15) is 60.9 Å². The summed E-state index contributed by atoms with van der Waals surface area (Å²) in [7, 11) is 0. The molecule has 3 aromatic carbocycles. The highest BCUT2D eigenvalue weighted by Crippen LogP contribution is 2.49. The molecule has 8 N–H and O–H groups in total. The molecular weight excluding hydrogens is 706 g/mol. The fourth-order valence-corrected chi connectivity index (χ4v) is 7.58. The highest BCUT2D eigenvalue weighted by molar-refractivity contribution is 6.68. The first-order valence-electron chi connectivity index (χ1n) is 17.3. The van der Waals surface area contributed by atoms with E-state index >= 15 is 0 Å². The molecule has 0 aromatic heterocycles. The van der Waals surface area contributed by atoms with E-state index in [0.717, 1.165) is 0 Å². The lowest BCUT2D eigenvalue weighted by molar-refractivity contribution is -0.723. The van der Waals surface area contributed by atoms with Crippen LogP contribution in [-0.4, -0.2) is 124 Å². The van der Waals surface area contributed by atoms with Crippen LogP contribution in [0.5, 0.6) is 11.5 Å². The summed E-state index contributed by atoms with van der Waals surface area (Å²) in [5.41, 5.74) is 1.93. The van der Waals surface area contributed by atoms with Gasteiger partial charge in [-0.1, -0.05) is 24.3 Å². The van der Waals surface area contributed by atoms with Gasteiger partial charge in [-0.15, -0.1) is 0 Å². The van der Waals surface area contributed by atoms with Crippen LogP contribution in [0.3, 0.4) is 0 Å². The lowest BCUT2D eigenvalue weighted by Crippen LogP contribution is -3.09. The van der Waals surface area contributed by atoms with Crippen molar-refractivity contribution < 1.29 is 63.8 Å². The number of para-hydroxylation sites is 1. The third kappa shape index (κ3) is 5.91. The molecule has 17 heteroatoms. The Hall–Kier alpha value is -5.24. The number of ether oxygens (including phenoxy) is 4. The molecule has 1 fully saturated rings. The van der Waals surface area contributed by atoms with Gasteiger partial charge in [0, 0.05) is 40.3 Å². The van der Waals surface area contributed by atoms with Crippen molar-refractivity contribution in [2.75, 3.05) is 33.1 Å². The Labute approximate surface area is 306 Å². The molecule has 5 aliphatic rings. The summed E-state index contributed by atoms with van der Waals surface area (Å²) >= 11 is 0. The predicted octanol–water partition coefficient (Wildman–Crippen LogP) is -1.54. The molecule has 4 heterocycles. The largest absolute Gasteiger partial charge is 0.486 e. The molecule has 1 aliphatic carbocycles. The molecule has 54 heavy (non-hydrogen) atoms. The molecule has 8 rings (SSSR count). The first-order valence-corrected chi connectivity index (χ1v) is 17.3. The summed E-state index contributed by atoms with van der Waals surface area (Å²) in [6.07, 6.45) is -7.62. The number of rotatable bonds is 6. The van der Waals surface area contributed by atoms with Gasteiger partial charge in [0.05, 0.1) is 25.4 Å². The van der Waals surface area contributed by atoms with E-state index in [9.17, 15) is 39.9 Å². The minimum Gasteiger partial charge on any atom is -0.486 e. The molecular formula is C37H36N5O12+. The number of aliphatic imine (C=N–C) groups is 2. The average molecular weight is 743 g/mol. The van der Waals surface area contributed by atoms with Gasteiger partial charge in [0.2, 0.25) is 18.0 Å². The van der Waals surface area contributed by atoms with Crippen molar-refractivity contribution in [1.29, 1.82) is 5.41 Å². The monoisotopic (exact) mass is 742 g/mol. The second-order valence-corrected chi connectivity index (χ2v) is 13.4. The first-order chi connectivity index (χ1) is 26.1.